The van der Waals surface area contributed by atoms with Crippen LogP contribution in [0.2, 0.25) is 0 Å². The van der Waals surface area contributed by atoms with E-state index in [1.165, 1.54) is 0 Å². The monoisotopic (exact) mass is 198 g/mol. The third-order valence-electron chi connectivity index (χ3n) is 1.84. The predicted molar refractivity (Wildman–Crippen MR) is 51.4 cm³/mol. The number of rotatable bonds is 6. The van der Waals surface area contributed by atoms with Crippen LogP contribution in [-0.4, -0.2) is 33.0 Å². The van der Waals surface area contributed by atoms with Crippen molar-refractivity contribution in [1.29, 1.82) is 0 Å². The van der Waals surface area contributed by atoms with E-state index in [0.29, 0.717) is 5.82 Å². The van der Waals surface area contributed by atoms with E-state index in [2.05, 4.69) is 27.7 Å². The van der Waals surface area contributed by atoms with Gasteiger partial charge in [-0.15, -0.1) is 5.10 Å². The number of aromatic nitrogens is 3. The number of unbranched alkanes of at least 4 members (excludes halogenated alkanes) is 2. The summed E-state index contributed by atoms with van der Waals surface area (Å²) in [6.07, 6.45) is 3.25. The summed E-state index contributed by atoms with van der Waals surface area (Å²) in [6.45, 7) is 2.83. The van der Waals surface area contributed by atoms with Gasteiger partial charge in [0.1, 0.15) is 0 Å². The fourth-order valence-electron chi connectivity index (χ4n) is 1.08. The highest BCUT2D eigenvalue weighted by Crippen LogP contribution is 2.07. The molecule has 78 valence electrons. The molecule has 0 aliphatic rings. The van der Waals surface area contributed by atoms with Gasteiger partial charge in [0, 0.05) is 6.54 Å². The first kappa shape index (κ1) is 10.5. The van der Waals surface area contributed by atoms with Crippen LogP contribution in [0.25, 0.3) is 0 Å². The fourth-order valence-corrected chi connectivity index (χ4v) is 1.08. The van der Waals surface area contributed by atoms with Gasteiger partial charge < -0.3 is 10.4 Å². The zero-order valence-electron chi connectivity index (χ0n) is 8.08. The van der Waals surface area contributed by atoms with Gasteiger partial charge in [-0.05, 0) is 6.42 Å². The lowest BCUT2D eigenvalue weighted by Gasteiger charge is -2.01. The minimum absolute atomic E-state index is 0.0153. The van der Waals surface area contributed by atoms with Gasteiger partial charge in [0.2, 0.25) is 0 Å². The standard InChI is InChI=1S/C8H14N4O2/c1-2-3-4-5-9-7-6(8(13)14)10-12-11-7/h2-5H2,1H3,(H,13,14)(H2,9,10,11,12). The summed E-state index contributed by atoms with van der Waals surface area (Å²) >= 11 is 0. The molecule has 6 nitrogen and oxygen atoms in total. The number of hydrogen-bond donors (Lipinski definition) is 3. The lowest BCUT2D eigenvalue weighted by atomic mass is 10.2. The van der Waals surface area contributed by atoms with Crippen LogP contribution in [-0.2, 0) is 0 Å². The van der Waals surface area contributed by atoms with E-state index < -0.39 is 5.97 Å². The van der Waals surface area contributed by atoms with Gasteiger partial charge in [-0.2, -0.15) is 0 Å². The molecule has 0 aliphatic heterocycles. The molecule has 6 heteroatoms. The smallest absolute Gasteiger partial charge is 0.357 e. The van der Waals surface area contributed by atoms with Crippen molar-refractivity contribution < 1.29 is 9.90 Å². The molecule has 0 spiro atoms. The van der Waals surface area contributed by atoms with Crippen molar-refractivity contribution in [3.63, 3.8) is 0 Å². The zero-order valence-corrected chi connectivity index (χ0v) is 8.08. The average molecular weight is 198 g/mol. The molecule has 1 heterocycles. The van der Waals surface area contributed by atoms with Crippen LogP contribution in [0.5, 0.6) is 0 Å². The second-order valence-electron chi connectivity index (χ2n) is 2.97. The van der Waals surface area contributed by atoms with E-state index in [-0.39, 0.29) is 5.69 Å². The van der Waals surface area contributed by atoms with Crippen LogP contribution < -0.4 is 5.32 Å². The van der Waals surface area contributed by atoms with Crippen LogP contribution in [0.15, 0.2) is 0 Å². The second kappa shape index (κ2) is 5.21. The number of hydrogen-bond acceptors (Lipinski definition) is 4. The minimum atomic E-state index is -1.05. The average Bonchev–Trinajstić information content (AvgIpc) is 2.60. The Morgan fingerprint density at radius 2 is 2.36 bits per heavy atom. The third-order valence-corrected chi connectivity index (χ3v) is 1.84. The van der Waals surface area contributed by atoms with Crippen LogP contribution in [0.1, 0.15) is 36.7 Å². The van der Waals surface area contributed by atoms with E-state index in [1.807, 2.05) is 0 Å². The van der Waals surface area contributed by atoms with Crippen molar-refractivity contribution in [3.8, 4) is 0 Å². The largest absolute Gasteiger partial charge is 0.476 e. The lowest BCUT2D eigenvalue weighted by Crippen LogP contribution is -2.07. The van der Waals surface area contributed by atoms with Crippen molar-refractivity contribution in [1.82, 2.24) is 15.4 Å². The van der Waals surface area contributed by atoms with E-state index in [0.717, 1.165) is 25.8 Å². The quantitative estimate of drug-likeness (QED) is 0.595. The molecule has 1 aromatic rings. The summed E-state index contributed by atoms with van der Waals surface area (Å²) in [4.78, 5) is 10.6. The Hall–Kier alpha value is -1.59. The molecule has 0 saturated carbocycles. The van der Waals surface area contributed by atoms with Gasteiger partial charge in [0.15, 0.2) is 11.5 Å². The van der Waals surface area contributed by atoms with Gasteiger partial charge in [0.25, 0.3) is 0 Å². The molecule has 0 unspecified atom stereocenters. The van der Waals surface area contributed by atoms with Gasteiger partial charge in [-0.1, -0.05) is 25.0 Å². The molecule has 0 aromatic carbocycles. The number of carboxylic acids is 1. The highest BCUT2D eigenvalue weighted by Gasteiger charge is 2.12. The van der Waals surface area contributed by atoms with Crippen LogP contribution in [0.3, 0.4) is 0 Å². The summed E-state index contributed by atoms with van der Waals surface area (Å²) in [5, 5.41) is 21.0. The number of aromatic amines is 1. The van der Waals surface area contributed by atoms with Gasteiger partial charge in [0.05, 0.1) is 0 Å². The molecule has 3 N–H and O–H groups in total. The van der Waals surface area contributed by atoms with Gasteiger partial charge in [-0.3, -0.25) is 0 Å². The summed E-state index contributed by atoms with van der Waals surface area (Å²) in [5.41, 5.74) is 0.0153. The number of aromatic carboxylic acids is 1. The Morgan fingerprint density at radius 3 is 3.00 bits per heavy atom. The van der Waals surface area contributed by atoms with Gasteiger partial charge in [-0.25, -0.2) is 9.89 Å². The van der Waals surface area contributed by atoms with E-state index in [1.54, 1.807) is 0 Å². The molecule has 1 rings (SSSR count). The maximum atomic E-state index is 10.6. The molecule has 0 atom stereocenters. The summed E-state index contributed by atoms with van der Waals surface area (Å²) < 4.78 is 0. The highest BCUT2D eigenvalue weighted by atomic mass is 16.4. The van der Waals surface area contributed by atoms with Gasteiger partial charge >= 0.3 is 5.97 Å². The summed E-state index contributed by atoms with van der Waals surface area (Å²) in [7, 11) is 0. The van der Waals surface area contributed by atoms with Crippen molar-refractivity contribution in [2.24, 2.45) is 0 Å². The normalized spacial score (nSPS) is 10.1. The fraction of sp³-hybridized carbons (Fsp3) is 0.625. The first-order valence-corrected chi connectivity index (χ1v) is 4.64. The highest BCUT2D eigenvalue weighted by molar-refractivity contribution is 5.90. The molecule has 0 saturated heterocycles. The summed E-state index contributed by atoms with van der Waals surface area (Å²) in [5.74, 6) is -0.735. The molecule has 0 aliphatic carbocycles. The van der Waals surface area contributed by atoms with Crippen LogP contribution in [0, 0.1) is 0 Å². The Kier molecular flexibility index (Phi) is 3.90. The molecule has 0 fully saturated rings. The third kappa shape index (κ3) is 2.72. The Balaban J connectivity index is 2.42. The van der Waals surface area contributed by atoms with E-state index in [4.69, 9.17) is 5.11 Å². The predicted octanol–water partition coefficient (Wildman–Crippen LogP) is 1.10. The number of anilines is 1. The maximum absolute atomic E-state index is 10.6. The topological polar surface area (TPSA) is 90.9 Å². The Morgan fingerprint density at radius 1 is 1.57 bits per heavy atom. The Bertz CT molecular complexity index is 297. The first-order chi connectivity index (χ1) is 6.75. The van der Waals surface area contributed by atoms with Crippen molar-refractivity contribution in [2.75, 3.05) is 11.9 Å². The first-order valence-electron chi connectivity index (χ1n) is 4.64. The van der Waals surface area contributed by atoms with Crippen LogP contribution in [0.4, 0.5) is 5.82 Å². The van der Waals surface area contributed by atoms with Crippen LogP contribution >= 0.6 is 0 Å². The molecule has 14 heavy (non-hydrogen) atoms. The molecule has 0 radical (unpaired) electrons. The van der Waals surface area contributed by atoms with Crippen molar-refractivity contribution in [2.45, 2.75) is 26.2 Å². The molecule has 1 aromatic heterocycles. The number of nitrogens with one attached hydrogen (secondary N) is 2. The van der Waals surface area contributed by atoms with Crippen molar-refractivity contribution in [3.05, 3.63) is 5.69 Å². The van der Waals surface area contributed by atoms with Crippen molar-refractivity contribution >= 4 is 11.8 Å². The second-order valence-corrected chi connectivity index (χ2v) is 2.97. The van der Waals surface area contributed by atoms with E-state index in [9.17, 15) is 4.79 Å². The number of H-pyrrole nitrogens is 1. The molecular formula is C8H14N4O2. The zero-order chi connectivity index (χ0) is 10.4. The minimum Gasteiger partial charge on any atom is -0.476 e. The summed E-state index contributed by atoms with van der Waals surface area (Å²) in [6, 6.07) is 0. The number of nitrogens with zero attached hydrogens (tertiary/aromatic N) is 2. The van der Waals surface area contributed by atoms with E-state index >= 15 is 0 Å². The number of carbonyl (C=O) groups is 1. The maximum Gasteiger partial charge on any atom is 0.357 e. The molecule has 0 bridgehead atoms. The lowest BCUT2D eigenvalue weighted by molar-refractivity contribution is 0.0691. The molecule has 0 amide bonds. The number of carboxylic acid groups (broad SMARTS) is 1. The SMILES string of the molecule is CCCCCNc1nn[nH]c1C(=O)O. The Labute approximate surface area is 81.7 Å². The molecular weight excluding hydrogens is 184 g/mol.